The van der Waals surface area contributed by atoms with Gasteiger partial charge in [-0.05, 0) is 59.9 Å². The molecule has 2 unspecified atom stereocenters. The number of rotatable bonds is 3. The van der Waals surface area contributed by atoms with Crippen molar-refractivity contribution in [1.29, 1.82) is 0 Å². The lowest BCUT2D eigenvalue weighted by molar-refractivity contribution is -0.0241. The highest BCUT2D eigenvalue weighted by molar-refractivity contribution is 7.08. The molecule has 1 heterocycles. The Kier molecular flexibility index (Phi) is 3.70. The summed E-state index contributed by atoms with van der Waals surface area (Å²) in [4.78, 5) is 0. The summed E-state index contributed by atoms with van der Waals surface area (Å²) in [5, 5.41) is 14.9. The van der Waals surface area contributed by atoms with Crippen LogP contribution in [0.25, 0.3) is 0 Å². The molecule has 0 amide bonds. The van der Waals surface area contributed by atoms with E-state index in [2.05, 4.69) is 30.7 Å². The largest absolute Gasteiger partial charge is 0.385 e. The van der Waals surface area contributed by atoms with Crippen molar-refractivity contribution in [2.24, 2.45) is 11.8 Å². The molecule has 0 aromatic carbocycles. The number of hydrogen-bond acceptors (Lipinski definition) is 2. The smallest absolute Gasteiger partial charge is 0.0907 e. The van der Waals surface area contributed by atoms with Crippen molar-refractivity contribution >= 4 is 11.3 Å². The molecular weight excluding hydrogens is 216 g/mol. The third kappa shape index (κ3) is 2.67. The van der Waals surface area contributed by atoms with E-state index >= 15 is 0 Å². The Morgan fingerprint density at radius 2 is 2.38 bits per heavy atom. The van der Waals surface area contributed by atoms with Gasteiger partial charge in [-0.15, -0.1) is 0 Å². The maximum Gasteiger partial charge on any atom is 0.0907 e. The second-order valence-electron chi connectivity index (χ2n) is 5.64. The average molecular weight is 238 g/mol. The monoisotopic (exact) mass is 238 g/mol. The Labute approximate surface area is 103 Å². The molecule has 2 atom stereocenters. The van der Waals surface area contributed by atoms with Gasteiger partial charge in [0.15, 0.2) is 0 Å². The molecule has 1 N–H and O–H groups in total. The first-order valence-electron chi connectivity index (χ1n) is 6.35. The molecule has 0 spiro atoms. The van der Waals surface area contributed by atoms with Crippen LogP contribution in [0.4, 0.5) is 0 Å². The summed E-state index contributed by atoms with van der Waals surface area (Å²) in [5.74, 6) is 1.45. The maximum absolute atomic E-state index is 10.7. The molecule has 0 radical (unpaired) electrons. The number of thiophene rings is 1. The molecular formula is C14H22OS. The summed E-state index contributed by atoms with van der Waals surface area (Å²) in [6.45, 7) is 4.55. The topological polar surface area (TPSA) is 20.2 Å². The van der Waals surface area contributed by atoms with Crippen LogP contribution in [0.2, 0.25) is 0 Å². The van der Waals surface area contributed by atoms with Crippen LogP contribution in [0.1, 0.15) is 51.5 Å². The molecule has 0 bridgehead atoms. The van der Waals surface area contributed by atoms with Crippen LogP contribution in [0, 0.1) is 11.8 Å². The highest BCUT2D eigenvalue weighted by Crippen LogP contribution is 2.42. The lowest BCUT2D eigenvalue weighted by Gasteiger charge is -2.37. The van der Waals surface area contributed by atoms with E-state index in [4.69, 9.17) is 0 Å². The summed E-state index contributed by atoms with van der Waals surface area (Å²) in [7, 11) is 0. The van der Waals surface area contributed by atoms with Crippen LogP contribution >= 0.6 is 11.3 Å². The molecule has 1 aromatic heterocycles. The van der Waals surface area contributed by atoms with Crippen LogP contribution in [0.5, 0.6) is 0 Å². The predicted molar refractivity (Wildman–Crippen MR) is 69.6 cm³/mol. The molecule has 2 rings (SSSR count). The van der Waals surface area contributed by atoms with Crippen LogP contribution in [0.15, 0.2) is 16.8 Å². The Balaban J connectivity index is 2.06. The third-order valence-corrected chi connectivity index (χ3v) is 4.38. The SMILES string of the molecule is CC(C)CC1CCCC(O)(c2ccsc2)C1. The summed E-state index contributed by atoms with van der Waals surface area (Å²) in [6.07, 6.45) is 5.63. The van der Waals surface area contributed by atoms with Gasteiger partial charge in [0.1, 0.15) is 0 Å². The summed E-state index contributed by atoms with van der Waals surface area (Å²) >= 11 is 1.69. The van der Waals surface area contributed by atoms with E-state index in [0.29, 0.717) is 5.92 Å². The Bertz CT molecular complexity index is 317. The molecule has 0 aliphatic heterocycles. The number of aliphatic hydroxyl groups is 1. The van der Waals surface area contributed by atoms with Gasteiger partial charge in [0, 0.05) is 0 Å². The van der Waals surface area contributed by atoms with Gasteiger partial charge in [0.25, 0.3) is 0 Å². The fourth-order valence-corrected chi connectivity index (χ4v) is 3.77. The zero-order chi connectivity index (χ0) is 11.6. The third-order valence-electron chi connectivity index (χ3n) is 3.69. The van der Waals surface area contributed by atoms with Crippen molar-refractivity contribution in [2.45, 2.75) is 51.6 Å². The van der Waals surface area contributed by atoms with Crippen LogP contribution in [-0.4, -0.2) is 5.11 Å². The molecule has 1 aromatic rings. The highest BCUT2D eigenvalue weighted by Gasteiger charge is 2.36. The lowest BCUT2D eigenvalue weighted by atomic mass is 9.73. The minimum atomic E-state index is -0.530. The normalized spacial score (nSPS) is 30.9. The van der Waals surface area contributed by atoms with Gasteiger partial charge in [0.05, 0.1) is 5.60 Å². The van der Waals surface area contributed by atoms with Crippen molar-refractivity contribution in [3.05, 3.63) is 22.4 Å². The molecule has 1 nitrogen and oxygen atoms in total. The van der Waals surface area contributed by atoms with Crippen molar-refractivity contribution < 1.29 is 5.11 Å². The van der Waals surface area contributed by atoms with E-state index in [9.17, 15) is 5.11 Å². The minimum Gasteiger partial charge on any atom is -0.385 e. The van der Waals surface area contributed by atoms with E-state index in [1.54, 1.807) is 11.3 Å². The highest BCUT2D eigenvalue weighted by atomic mass is 32.1. The summed E-state index contributed by atoms with van der Waals surface area (Å²) in [5.41, 5.74) is 0.614. The first kappa shape index (κ1) is 12.1. The van der Waals surface area contributed by atoms with Gasteiger partial charge >= 0.3 is 0 Å². The first-order chi connectivity index (χ1) is 7.60. The van der Waals surface area contributed by atoms with Crippen molar-refractivity contribution in [1.82, 2.24) is 0 Å². The minimum absolute atomic E-state index is 0.530. The molecule has 0 saturated heterocycles. The zero-order valence-corrected chi connectivity index (χ0v) is 11.1. The molecule has 1 aliphatic carbocycles. The van der Waals surface area contributed by atoms with Gasteiger partial charge in [-0.25, -0.2) is 0 Å². The van der Waals surface area contributed by atoms with E-state index in [-0.39, 0.29) is 0 Å². The quantitative estimate of drug-likeness (QED) is 0.838. The van der Waals surface area contributed by atoms with E-state index < -0.39 is 5.60 Å². The zero-order valence-electron chi connectivity index (χ0n) is 10.3. The van der Waals surface area contributed by atoms with Crippen LogP contribution in [-0.2, 0) is 5.60 Å². The van der Waals surface area contributed by atoms with Crippen molar-refractivity contribution in [3.63, 3.8) is 0 Å². The van der Waals surface area contributed by atoms with Crippen LogP contribution < -0.4 is 0 Å². The van der Waals surface area contributed by atoms with E-state index in [0.717, 1.165) is 24.3 Å². The lowest BCUT2D eigenvalue weighted by Crippen LogP contribution is -2.32. The van der Waals surface area contributed by atoms with E-state index in [1.165, 1.54) is 19.3 Å². The molecule has 1 aliphatic rings. The van der Waals surface area contributed by atoms with Crippen molar-refractivity contribution in [2.75, 3.05) is 0 Å². The fraction of sp³-hybridized carbons (Fsp3) is 0.714. The maximum atomic E-state index is 10.7. The summed E-state index contributed by atoms with van der Waals surface area (Å²) in [6, 6.07) is 2.09. The average Bonchev–Trinajstić information content (AvgIpc) is 2.69. The molecule has 1 saturated carbocycles. The standard InChI is InChI=1S/C14H22OS/c1-11(2)8-12-4-3-6-14(15,9-12)13-5-7-16-10-13/h5,7,10-12,15H,3-4,6,8-9H2,1-2H3. The van der Waals surface area contributed by atoms with Crippen molar-refractivity contribution in [3.8, 4) is 0 Å². The molecule has 1 fully saturated rings. The second-order valence-corrected chi connectivity index (χ2v) is 6.42. The van der Waals surface area contributed by atoms with Gasteiger partial charge in [-0.1, -0.05) is 20.3 Å². The van der Waals surface area contributed by atoms with Gasteiger partial charge in [-0.2, -0.15) is 11.3 Å². The first-order valence-corrected chi connectivity index (χ1v) is 7.29. The van der Waals surface area contributed by atoms with Gasteiger partial charge < -0.3 is 5.11 Å². The van der Waals surface area contributed by atoms with E-state index in [1.807, 2.05) is 0 Å². The summed E-state index contributed by atoms with van der Waals surface area (Å²) < 4.78 is 0. The molecule has 2 heteroatoms. The van der Waals surface area contributed by atoms with Crippen LogP contribution in [0.3, 0.4) is 0 Å². The molecule has 16 heavy (non-hydrogen) atoms. The second kappa shape index (κ2) is 4.89. The molecule has 90 valence electrons. The fourth-order valence-electron chi connectivity index (χ4n) is 3.02. The predicted octanol–water partition coefficient (Wildman–Crippen LogP) is 4.17. The Morgan fingerprint density at radius 1 is 1.56 bits per heavy atom. The van der Waals surface area contributed by atoms with Gasteiger partial charge in [-0.3, -0.25) is 0 Å². The Hall–Kier alpha value is -0.340. The number of hydrogen-bond donors (Lipinski definition) is 1. The Morgan fingerprint density at radius 3 is 3.00 bits per heavy atom. The van der Waals surface area contributed by atoms with Gasteiger partial charge in [0.2, 0.25) is 0 Å².